The van der Waals surface area contributed by atoms with Gasteiger partial charge in [0.1, 0.15) is 5.75 Å². The number of benzene rings is 1. The maximum atomic E-state index is 12.3. The van der Waals surface area contributed by atoms with Crippen molar-refractivity contribution in [2.75, 3.05) is 6.54 Å². The zero-order chi connectivity index (χ0) is 17.9. The van der Waals surface area contributed by atoms with Gasteiger partial charge in [0.15, 0.2) is 5.69 Å². The molecule has 7 nitrogen and oxygen atoms in total. The Hall–Kier alpha value is -2.55. The highest BCUT2D eigenvalue weighted by molar-refractivity contribution is 5.93. The molecule has 130 valence electrons. The molecule has 0 atom stereocenters. The Labute approximate surface area is 137 Å². The van der Waals surface area contributed by atoms with Crippen molar-refractivity contribution in [3.63, 3.8) is 0 Å². The van der Waals surface area contributed by atoms with E-state index in [-0.39, 0.29) is 23.9 Å². The van der Waals surface area contributed by atoms with Crippen molar-refractivity contribution in [1.29, 1.82) is 0 Å². The van der Waals surface area contributed by atoms with E-state index in [9.17, 15) is 13.6 Å². The molecule has 0 unspecified atom stereocenters. The summed E-state index contributed by atoms with van der Waals surface area (Å²) in [4.78, 5) is 12.3. The number of hydrogen-bond donors (Lipinski definition) is 2. The molecule has 0 fully saturated rings. The highest BCUT2D eigenvalue weighted by Gasteiger charge is 2.23. The minimum atomic E-state index is -2.88. The van der Waals surface area contributed by atoms with Crippen molar-refractivity contribution in [3.05, 3.63) is 35.7 Å². The van der Waals surface area contributed by atoms with Crippen LogP contribution in [-0.4, -0.2) is 39.6 Å². The predicted octanol–water partition coefficient (Wildman–Crippen LogP) is 1.64. The number of nitrogens with zero attached hydrogens (tertiary/aromatic N) is 3. The summed E-state index contributed by atoms with van der Waals surface area (Å²) >= 11 is 0. The number of nitrogens with one attached hydrogen (secondary N) is 1. The van der Waals surface area contributed by atoms with Gasteiger partial charge >= 0.3 is 6.61 Å². The van der Waals surface area contributed by atoms with Crippen LogP contribution in [0.25, 0.3) is 5.69 Å². The van der Waals surface area contributed by atoms with Crippen LogP contribution in [0.5, 0.6) is 5.75 Å². The average Bonchev–Trinajstić information content (AvgIpc) is 2.89. The summed E-state index contributed by atoms with van der Waals surface area (Å²) in [5.41, 5.74) is 6.28. The van der Waals surface area contributed by atoms with E-state index < -0.39 is 12.2 Å². The number of alkyl halides is 2. The summed E-state index contributed by atoms with van der Waals surface area (Å²) in [5, 5.41) is 10.6. The van der Waals surface area contributed by atoms with E-state index in [4.69, 9.17) is 5.73 Å². The molecule has 0 spiro atoms. The number of amides is 1. The van der Waals surface area contributed by atoms with Gasteiger partial charge in [0.2, 0.25) is 0 Å². The van der Waals surface area contributed by atoms with E-state index in [2.05, 4.69) is 20.4 Å². The van der Waals surface area contributed by atoms with Crippen LogP contribution in [0.3, 0.4) is 0 Å². The molecule has 2 rings (SSSR count). The van der Waals surface area contributed by atoms with Crippen LogP contribution in [0, 0.1) is 6.92 Å². The lowest BCUT2D eigenvalue weighted by atomic mass is 10.1. The van der Waals surface area contributed by atoms with Gasteiger partial charge in [-0.25, -0.2) is 4.68 Å². The van der Waals surface area contributed by atoms with E-state index in [1.807, 2.05) is 0 Å². The number of ether oxygens (including phenoxy) is 1. The summed E-state index contributed by atoms with van der Waals surface area (Å²) < 4.78 is 30.1. The maximum Gasteiger partial charge on any atom is 0.387 e. The molecule has 9 heteroatoms. The summed E-state index contributed by atoms with van der Waals surface area (Å²) in [5.74, 6) is -0.346. The minimum absolute atomic E-state index is 0.0363. The average molecular weight is 339 g/mol. The minimum Gasteiger partial charge on any atom is -0.435 e. The van der Waals surface area contributed by atoms with Crippen LogP contribution in [0.1, 0.15) is 30.0 Å². The van der Waals surface area contributed by atoms with Crippen molar-refractivity contribution >= 4 is 5.91 Å². The number of nitrogens with two attached hydrogens (primary N) is 1. The van der Waals surface area contributed by atoms with Crippen molar-refractivity contribution in [3.8, 4) is 11.4 Å². The Morgan fingerprint density at radius 2 is 2.00 bits per heavy atom. The molecule has 0 aliphatic carbocycles. The molecule has 0 bridgehead atoms. The second kappa shape index (κ2) is 6.91. The summed E-state index contributed by atoms with van der Waals surface area (Å²) in [6, 6.07) is 5.87. The highest BCUT2D eigenvalue weighted by atomic mass is 19.3. The lowest BCUT2D eigenvalue weighted by Crippen LogP contribution is -2.49. The van der Waals surface area contributed by atoms with Gasteiger partial charge in [-0.3, -0.25) is 4.79 Å². The molecule has 3 N–H and O–H groups in total. The standard InChI is InChI=1S/C15H19F2N5O2/c1-9-12(13(23)19-15(2,3)8-18)20-21-22(9)10-4-6-11(7-5-10)24-14(16)17/h4-7,14H,8,18H2,1-3H3,(H,19,23). The Bertz CT molecular complexity index is 713. The van der Waals surface area contributed by atoms with Crippen molar-refractivity contribution in [2.24, 2.45) is 5.73 Å². The Kier molecular flexibility index (Phi) is 5.13. The predicted molar refractivity (Wildman–Crippen MR) is 83.3 cm³/mol. The van der Waals surface area contributed by atoms with Gasteiger partial charge in [0, 0.05) is 12.1 Å². The van der Waals surface area contributed by atoms with Crippen molar-refractivity contribution in [1.82, 2.24) is 20.3 Å². The topological polar surface area (TPSA) is 95.1 Å². The number of hydrogen-bond acceptors (Lipinski definition) is 5. The molecule has 0 saturated carbocycles. The largest absolute Gasteiger partial charge is 0.435 e. The highest BCUT2D eigenvalue weighted by Crippen LogP contribution is 2.19. The number of carbonyl (C=O) groups excluding carboxylic acids is 1. The third kappa shape index (κ3) is 4.05. The first kappa shape index (κ1) is 17.8. The van der Waals surface area contributed by atoms with Crippen LogP contribution in [0.15, 0.2) is 24.3 Å². The first-order valence-electron chi connectivity index (χ1n) is 7.23. The van der Waals surface area contributed by atoms with Crippen molar-refractivity contribution < 1.29 is 18.3 Å². The molecular formula is C15H19F2N5O2. The lowest BCUT2D eigenvalue weighted by molar-refractivity contribution is -0.0498. The van der Waals surface area contributed by atoms with Gasteiger partial charge in [-0.05, 0) is 45.0 Å². The second-order valence-electron chi connectivity index (χ2n) is 5.85. The molecule has 0 aliphatic rings. The van der Waals surface area contributed by atoms with E-state index >= 15 is 0 Å². The van der Waals surface area contributed by atoms with Gasteiger partial charge < -0.3 is 15.8 Å². The second-order valence-corrected chi connectivity index (χ2v) is 5.85. The summed E-state index contributed by atoms with van der Waals surface area (Å²) in [7, 11) is 0. The zero-order valence-corrected chi connectivity index (χ0v) is 13.6. The smallest absolute Gasteiger partial charge is 0.387 e. The molecule has 24 heavy (non-hydrogen) atoms. The van der Waals surface area contributed by atoms with Crippen LogP contribution in [-0.2, 0) is 0 Å². The molecule has 1 aromatic carbocycles. The molecule has 1 heterocycles. The zero-order valence-electron chi connectivity index (χ0n) is 13.6. The van der Waals surface area contributed by atoms with Crippen LogP contribution < -0.4 is 15.8 Å². The van der Waals surface area contributed by atoms with E-state index in [1.165, 1.54) is 16.8 Å². The van der Waals surface area contributed by atoms with E-state index in [0.717, 1.165) is 0 Å². The van der Waals surface area contributed by atoms with Gasteiger partial charge in [-0.15, -0.1) is 5.10 Å². The van der Waals surface area contributed by atoms with Gasteiger partial charge in [-0.1, -0.05) is 5.21 Å². The molecule has 2 aromatic rings. The van der Waals surface area contributed by atoms with E-state index in [1.54, 1.807) is 32.9 Å². The number of aromatic nitrogens is 3. The third-order valence-corrected chi connectivity index (χ3v) is 3.38. The normalized spacial score (nSPS) is 11.6. The van der Waals surface area contributed by atoms with Crippen LogP contribution in [0.2, 0.25) is 0 Å². The quantitative estimate of drug-likeness (QED) is 0.834. The maximum absolute atomic E-state index is 12.3. The fraction of sp³-hybridized carbons (Fsp3) is 0.400. The molecular weight excluding hydrogens is 320 g/mol. The van der Waals surface area contributed by atoms with Crippen LogP contribution in [0.4, 0.5) is 8.78 Å². The Morgan fingerprint density at radius 1 is 1.38 bits per heavy atom. The molecule has 0 saturated heterocycles. The molecule has 0 aliphatic heterocycles. The Morgan fingerprint density at radius 3 is 2.54 bits per heavy atom. The van der Waals surface area contributed by atoms with E-state index in [0.29, 0.717) is 11.4 Å². The number of halogens is 2. The van der Waals surface area contributed by atoms with Gasteiger partial charge in [0.25, 0.3) is 5.91 Å². The number of carbonyl (C=O) groups is 1. The van der Waals surface area contributed by atoms with Gasteiger partial charge in [0.05, 0.1) is 11.4 Å². The molecule has 0 radical (unpaired) electrons. The fourth-order valence-electron chi connectivity index (χ4n) is 1.97. The monoisotopic (exact) mass is 339 g/mol. The molecule has 1 amide bonds. The lowest BCUT2D eigenvalue weighted by Gasteiger charge is -2.23. The third-order valence-electron chi connectivity index (χ3n) is 3.38. The fourth-order valence-corrected chi connectivity index (χ4v) is 1.97. The number of rotatable bonds is 6. The summed E-state index contributed by atoms with van der Waals surface area (Å²) in [6.07, 6.45) is 0. The van der Waals surface area contributed by atoms with Crippen LogP contribution >= 0.6 is 0 Å². The SMILES string of the molecule is Cc1c(C(=O)NC(C)(C)CN)nnn1-c1ccc(OC(F)F)cc1. The Balaban J connectivity index is 2.22. The van der Waals surface area contributed by atoms with Crippen molar-refractivity contribution in [2.45, 2.75) is 32.9 Å². The molecule has 1 aromatic heterocycles. The summed E-state index contributed by atoms with van der Waals surface area (Å²) in [6.45, 7) is 2.68. The van der Waals surface area contributed by atoms with Gasteiger partial charge in [-0.2, -0.15) is 8.78 Å². The first-order chi connectivity index (χ1) is 11.2. The first-order valence-corrected chi connectivity index (χ1v) is 7.23.